The van der Waals surface area contributed by atoms with E-state index in [1.165, 1.54) is 0 Å². The minimum absolute atomic E-state index is 0.240. The summed E-state index contributed by atoms with van der Waals surface area (Å²) in [5, 5.41) is 12.0. The van der Waals surface area contributed by atoms with E-state index in [9.17, 15) is 14.9 Å². The van der Waals surface area contributed by atoms with Crippen LogP contribution in [0.25, 0.3) is 0 Å². The number of amides is 1. The molecule has 1 atom stereocenters. The molecule has 0 aliphatic heterocycles. The van der Waals surface area contributed by atoms with Crippen molar-refractivity contribution in [3.8, 4) is 6.07 Å². The summed E-state index contributed by atoms with van der Waals surface area (Å²) >= 11 is 0. The number of carbonyl (C=O) groups excluding carboxylic acids is 2. The van der Waals surface area contributed by atoms with Crippen LogP contribution in [0.1, 0.15) is 51.4 Å². The van der Waals surface area contributed by atoms with Crippen LogP contribution >= 0.6 is 0 Å². The summed E-state index contributed by atoms with van der Waals surface area (Å²) in [7, 11) is 0. The molecule has 1 fully saturated rings. The second-order valence-electron chi connectivity index (χ2n) is 5.93. The molecule has 0 radical (unpaired) electrons. The van der Waals surface area contributed by atoms with Crippen LogP contribution in [-0.2, 0) is 14.3 Å². The lowest BCUT2D eigenvalue weighted by Gasteiger charge is -2.31. The Labute approximate surface area is 125 Å². The first-order valence-corrected chi connectivity index (χ1v) is 7.68. The van der Waals surface area contributed by atoms with Gasteiger partial charge in [0.25, 0.3) is 5.91 Å². The van der Waals surface area contributed by atoms with Crippen molar-refractivity contribution in [3.63, 3.8) is 0 Å². The molecule has 0 aromatic rings. The third-order valence-electron chi connectivity index (χ3n) is 4.21. The third kappa shape index (κ3) is 4.59. The molecule has 0 aromatic carbocycles. The van der Waals surface area contributed by atoms with Crippen molar-refractivity contribution in [3.05, 3.63) is 12.2 Å². The predicted molar refractivity (Wildman–Crippen MR) is 77.0 cm³/mol. The van der Waals surface area contributed by atoms with Crippen LogP contribution < -0.4 is 5.32 Å². The Morgan fingerprint density at radius 3 is 2.71 bits per heavy atom. The fourth-order valence-electron chi connectivity index (χ4n) is 3.01. The van der Waals surface area contributed by atoms with Crippen LogP contribution in [0.5, 0.6) is 0 Å². The molecule has 1 N–H and O–H groups in total. The van der Waals surface area contributed by atoms with Crippen molar-refractivity contribution in [2.45, 2.75) is 56.9 Å². The maximum atomic E-state index is 11.9. The lowest BCUT2D eigenvalue weighted by molar-refractivity contribution is -0.149. The Morgan fingerprint density at radius 1 is 1.33 bits per heavy atom. The fraction of sp³-hybridized carbons (Fsp3) is 0.688. The summed E-state index contributed by atoms with van der Waals surface area (Å²) < 4.78 is 5.00. The minimum atomic E-state index is -0.768. The SMILES string of the molecule is N#CC1(NC(=O)COC(=O)C[C@@H]2C=CCC2)CCCCC1. The molecule has 0 saturated heterocycles. The summed E-state index contributed by atoms with van der Waals surface area (Å²) in [6, 6.07) is 2.21. The second kappa shape index (κ2) is 7.26. The van der Waals surface area contributed by atoms with E-state index in [2.05, 4.69) is 17.5 Å². The molecular weight excluding hydrogens is 268 g/mol. The molecule has 5 nitrogen and oxygen atoms in total. The summed E-state index contributed by atoms with van der Waals surface area (Å²) in [5.41, 5.74) is -0.768. The minimum Gasteiger partial charge on any atom is -0.456 e. The average molecular weight is 290 g/mol. The van der Waals surface area contributed by atoms with Crippen molar-refractivity contribution in [1.82, 2.24) is 5.32 Å². The zero-order chi connectivity index (χ0) is 15.1. The molecule has 5 heteroatoms. The van der Waals surface area contributed by atoms with Gasteiger partial charge < -0.3 is 10.1 Å². The van der Waals surface area contributed by atoms with Crippen molar-refractivity contribution < 1.29 is 14.3 Å². The van der Waals surface area contributed by atoms with E-state index in [-0.39, 0.29) is 24.4 Å². The van der Waals surface area contributed by atoms with E-state index in [1.54, 1.807) is 0 Å². The van der Waals surface area contributed by atoms with Crippen molar-refractivity contribution in [1.29, 1.82) is 5.26 Å². The van der Waals surface area contributed by atoms with Gasteiger partial charge in [0.1, 0.15) is 5.54 Å². The van der Waals surface area contributed by atoms with E-state index >= 15 is 0 Å². The molecule has 0 heterocycles. The lowest BCUT2D eigenvalue weighted by atomic mass is 9.83. The standard InChI is InChI=1S/C16H22N2O3/c17-12-16(8-4-1-5-9-16)18-14(19)11-21-15(20)10-13-6-2-3-7-13/h2,6,13H,1,3-5,7-11H2,(H,18,19)/t13-/m1/s1. The van der Waals surface area contributed by atoms with Gasteiger partial charge in [0.2, 0.25) is 0 Å². The van der Waals surface area contributed by atoms with Crippen LogP contribution in [0.2, 0.25) is 0 Å². The highest BCUT2D eigenvalue weighted by molar-refractivity contribution is 5.81. The molecule has 0 aromatic heterocycles. The van der Waals surface area contributed by atoms with E-state index in [1.807, 2.05) is 6.08 Å². The van der Waals surface area contributed by atoms with Gasteiger partial charge in [-0.05, 0) is 31.6 Å². The number of carbonyl (C=O) groups is 2. The quantitative estimate of drug-likeness (QED) is 0.622. The first-order chi connectivity index (χ1) is 10.1. The van der Waals surface area contributed by atoms with Gasteiger partial charge in [0, 0.05) is 0 Å². The van der Waals surface area contributed by atoms with Crippen molar-refractivity contribution in [2.24, 2.45) is 5.92 Å². The van der Waals surface area contributed by atoms with E-state index in [0.717, 1.165) is 32.1 Å². The van der Waals surface area contributed by atoms with Gasteiger partial charge in [-0.15, -0.1) is 0 Å². The average Bonchev–Trinajstić information content (AvgIpc) is 2.99. The molecule has 2 aliphatic carbocycles. The molecule has 2 aliphatic rings. The number of nitrogens with one attached hydrogen (secondary N) is 1. The Balaban J connectivity index is 1.72. The lowest BCUT2D eigenvalue weighted by Crippen LogP contribution is -2.50. The molecule has 114 valence electrons. The first kappa shape index (κ1) is 15.6. The van der Waals surface area contributed by atoms with Gasteiger partial charge in [-0.2, -0.15) is 5.26 Å². The smallest absolute Gasteiger partial charge is 0.306 e. The number of allylic oxidation sites excluding steroid dienone is 2. The number of rotatable bonds is 5. The molecule has 0 bridgehead atoms. The van der Waals surface area contributed by atoms with E-state index in [4.69, 9.17) is 4.74 Å². The molecule has 1 amide bonds. The number of esters is 1. The summed E-state index contributed by atoms with van der Waals surface area (Å²) in [4.78, 5) is 23.5. The van der Waals surface area contributed by atoms with Gasteiger partial charge in [0.15, 0.2) is 6.61 Å². The summed E-state index contributed by atoms with van der Waals surface area (Å²) in [6.45, 7) is -0.293. The Kier molecular flexibility index (Phi) is 5.38. The molecule has 0 unspecified atom stereocenters. The van der Waals surface area contributed by atoms with Crippen LogP contribution in [0, 0.1) is 17.2 Å². The van der Waals surface area contributed by atoms with Crippen LogP contribution in [-0.4, -0.2) is 24.0 Å². The molecule has 1 saturated carbocycles. The zero-order valence-electron chi connectivity index (χ0n) is 12.3. The Hall–Kier alpha value is -1.83. The maximum absolute atomic E-state index is 11.9. The van der Waals surface area contributed by atoms with Gasteiger partial charge in [-0.3, -0.25) is 9.59 Å². The van der Waals surface area contributed by atoms with Gasteiger partial charge >= 0.3 is 5.97 Å². The topological polar surface area (TPSA) is 79.2 Å². The van der Waals surface area contributed by atoms with E-state index < -0.39 is 5.54 Å². The van der Waals surface area contributed by atoms with Crippen LogP contribution in [0.15, 0.2) is 12.2 Å². The zero-order valence-corrected chi connectivity index (χ0v) is 12.3. The summed E-state index contributed by atoms with van der Waals surface area (Å²) in [6.07, 6.45) is 10.7. The number of hydrogen-bond acceptors (Lipinski definition) is 4. The fourth-order valence-corrected chi connectivity index (χ4v) is 3.01. The molecule has 0 spiro atoms. The highest BCUT2D eigenvalue weighted by Crippen LogP contribution is 2.27. The van der Waals surface area contributed by atoms with Crippen molar-refractivity contribution in [2.75, 3.05) is 6.61 Å². The maximum Gasteiger partial charge on any atom is 0.306 e. The highest BCUT2D eigenvalue weighted by Gasteiger charge is 2.33. The number of hydrogen-bond donors (Lipinski definition) is 1. The number of nitrogens with zero attached hydrogens (tertiary/aromatic N) is 1. The largest absolute Gasteiger partial charge is 0.456 e. The predicted octanol–water partition coefficient (Wildman–Crippen LogP) is 2.23. The normalized spacial score (nSPS) is 23.3. The molecule has 21 heavy (non-hydrogen) atoms. The van der Waals surface area contributed by atoms with Crippen LogP contribution in [0.3, 0.4) is 0 Å². The number of nitriles is 1. The van der Waals surface area contributed by atoms with Crippen LogP contribution in [0.4, 0.5) is 0 Å². The number of ether oxygens (including phenoxy) is 1. The Bertz CT molecular complexity index is 459. The van der Waals surface area contributed by atoms with Gasteiger partial charge in [-0.25, -0.2) is 0 Å². The Morgan fingerprint density at radius 2 is 2.10 bits per heavy atom. The first-order valence-electron chi connectivity index (χ1n) is 7.68. The molecular formula is C16H22N2O3. The van der Waals surface area contributed by atoms with E-state index in [0.29, 0.717) is 19.3 Å². The summed E-state index contributed by atoms with van der Waals surface area (Å²) in [5.74, 6) is -0.491. The second-order valence-corrected chi connectivity index (χ2v) is 5.93. The molecule has 2 rings (SSSR count). The monoisotopic (exact) mass is 290 g/mol. The van der Waals surface area contributed by atoms with Crippen molar-refractivity contribution >= 4 is 11.9 Å². The van der Waals surface area contributed by atoms with Gasteiger partial charge in [0.05, 0.1) is 12.5 Å². The highest BCUT2D eigenvalue weighted by atomic mass is 16.5. The third-order valence-corrected chi connectivity index (χ3v) is 4.21. The van der Waals surface area contributed by atoms with Gasteiger partial charge in [-0.1, -0.05) is 31.4 Å².